The molecule has 0 amide bonds. The van der Waals surface area contributed by atoms with E-state index in [-0.39, 0.29) is 0 Å². The Morgan fingerprint density at radius 3 is 2.95 bits per heavy atom. The topological polar surface area (TPSA) is 26.5 Å². The van der Waals surface area contributed by atoms with E-state index in [4.69, 9.17) is 0 Å². The number of aryl methyl sites for hydroxylation is 1. The molecule has 3 heterocycles. The van der Waals surface area contributed by atoms with E-state index in [0.717, 1.165) is 23.6 Å². The molecule has 0 aliphatic carbocycles. The second-order valence-electron chi connectivity index (χ2n) is 5.86. The Balaban J connectivity index is 1.81. The molecule has 1 aromatic heterocycles. The van der Waals surface area contributed by atoms with E-state index < -0.39 is 5.72 Å². The van der Waals surface area contributed by atoms with Crippen LogP contribution in [0.1, 0.15) is 16.9 Å². The average molecular weight is 331 g/mol. The fourth-order valence-electron chi connectivity index (χ4n) is 3.21. The van der Waals surface area contributed by atoms with Crippen LogP contribution < -0.4 is 4.90 Å². The summed E-state index contributed by atoms with van der Waals surface area (Å²) in [6.45, 7) is 3.62. The lowest BCUT2D eigenvalue weighted by atomic mass is 10.1. The molecule has 1 atom stereocenters. The molecule has 0 saturated heterocycles. The van der Waals surface area contributed by atoms with E-state index in [0.29, 0.717) is 6.54 Å². The number of thiophene rings is 1. The van der Waals surface area contributed by atoms with Crippen molar-refractivity contribution in [2.75, 3.05) is 23.7 Å². The van der Waals surface area contributed by atoms with Gasteiger partial charge in [0.2, 0.25) is 0 Å². The fraction of sp³-hybridized carbons (Fsp3) is 0.353. The van der Waals surface area contributed by atoms with Gasteiger partial charge >= 0.3 is 5.17 Å². The van der Waals surface area contributed by atoms with Crippen molar-refractivity contribution in [1.29, 1.82) is 0 Å². The number of hydrogen-bond acceptors (Lipinski definition) is 4. The quantitative estimate of drug-likeness (QED) is 0.856. The van der Waals surface area contributed by atoms with Crippen LogP contribution in [0.3, 0.4) is 0 Å². The smallest absolute Gasteiger partial charge is 0.316 e. The third-order valence-corrected chi connectivity index (χ3v) is 6.48. The van der Waals surface area contributed by atoms with Crippen molar-refractivity contribution in [1.82, 2.24) is 0 Å². The minimum Gasteiger partial charge on any atom is -0.346 e. The second-order valence-corrected chi connectivity index (χ2v) is 7.87. The van der Waals surface area contributed by atoms with Gasteiger partial charge in [-0.25, -0.2) is 9.48 Å². The molecular formula is C17H19N2OS2+. The van der Waals surface area contributed by atoms with Crippen molar-refractivity contribution < 1.29 is 9.68 Å². The van der Waals surface area contributed by atoms with Gasteiger partial charge in [0.15, 0.2) is 6.54 Å². The van der Waals surface area contributed by atoms with E-state index in [9.17, 15) is 5.11 Å². The molecule has 114 valence electrons. The first-order chi connectivity index (χ1) is 10.7. The summed E-state index contributed by atoms with van der Waals surface area (Å²) in [5, 5.41) is 14.6. The first kappa shape index (κ1) is 14.3. The number of benzene rings is 1. The van der Waals surface area contributed by atoms with Crippen molar-refractivity contribution in [2.24, 2.45) is 0 Å². The van der Waals surface area contributed by atoms with Gasteiger partial charge in [-0.3, -0.25) is 0 Å². The number of amidine groups is 1. The highest BCUT2D eigenvalue weighted by molar-refractivity contribution is 8.13. The maximum Gasteiger partial charge on any atom is 0.316 e. The highest BCUT2D eigenvalue weighted by Gasteiger charge is 2.53. The summed E-state index contributed by atoms with van der Waals surface area (Å²) in [5.41, 5.74) is 1.51. The van der Waals surface area contributed by atoms with Crippen molar-refractivity contribution in [3.05, 3.63) is 52.2 Å². The number of β-amino-alcohol motifs (C(OH)–C–C–N with tert-alkyl or cyclic N) is 1. The number of aliphatic hydroxyl groups is 1. The zero-order valence-electron chi connectivity index (χ0n) is 12.5. The highest BCUT2D eigenvalue weighted by Crippen LogP contribution is 2.39. The van der Waals surface area contributed by atoms with E-state index in [1.807, 2.05) is 29.3 Å². The van der Waals surface area contributed by atoms with Crippen LogP contribution in [0.15, 0.2) is 41.8 Å². The lowest BCUT2D eigenvalue weighted by Crippen LogP contribution is -2.40. The molecule has 1 N–H and O–H groups in total. The van der Waals surface area contributed by atoms with Crippen LogP contribution in [0.5, 0.6) is 0 Å². The van der Waals surface area contributed by atoms with Gasteiger partial charge < -0.3 is 5.11 Å². The molecule has 0 saturated carbocycles. The second kappa shape index (κ2) is 5.41. The van der Waals surface area contributed by atoms with Gasteiger partial charge in [0.05, 0.1) is 11.4 Å². The molecule has 5 heteroatoms. The average Bonchev–Trinajstić information content (AvgIpc) is 3.16. The predicted octanol–water partition coefficient (Wildman–Crippen LogP) is 3.23. The predicted molar refractivity (Wildman–Crippen MR) is 94.0 cm³/mol. The van der Waals surface area contributed by atoms with Gasteiger partial charge in [0.1, 0.15) is 5.69 Å². The lowest BCUT2D eigenvalue weighted by molar-refractivity contribution is -0.655. The Bertz CT molecular complexity index is 726. The van der Waals surface area contributed by atoms with Gasteiger partial charge in [0, 0.05) is 5.75 Å². The van der Waals surface area contributed by atoms with E-state index >= 15 is 0 Å². The summed E-state index contributed by atoms with van der Waals surface area (Å²) in [6, 6.07) is 12.6. The fourth-order valence-corrected chi connectivity index (χ4v) is 5.22. The molecule has 1 aromatic carbocycles. The minimum absolute atomic E-state index is 0.597. The first-order valence-corrected chi connectivity index (χ1v) is 9.43. The number of hydrogen-bond donors (Lipinski definition) is 1. The van der Waals surface area contributed by atoms with Crippen LogP contribution in [0.2, 0.25) is 0 Å². The Labute approximate surface area is 138 Å². The zero-order chi connectivity index (χ0) is 15.2. The Hall–Kier alpha value is -1.30. The summed E-state index contributed by atoms with van der Waals surface area (Å²) in [7, 11) is 0. The third-order valence-electron chi connectivity index (χ3n) is 4.27. The molecule has 22 heavy (non-hydrogen) atoms. The van der Waals surface area contributed by atoms with Gasteiger partial charge in [0.25, 0.3) is 5.72 Å². The molecule has 0 unspecified atom stereocenters. The Morgan fingerprint density at radius 1 is 1.27 bits per heavy atom. The van der Waals surface area contributed by atoms with Crippen LogP contribution >= 0.6 is 23.1 Å². The standard InChI is InChI=1S/C17H19N2OS2/c1-13-5-2-6-14(11-13)18-12-17(20,15-7-3-9-21-15)19-8-4-10-22-16(18)19/h2-3,5-7,9,11,20H,4,8,10,12H2,1H3/q+1/t17-/m0/s1. The molecule has 2 aliphatic rings. The third kappa shape index (κ3) is 2.19. The molecule has 3 nitrogen and oxygen atoms in total. The minimum atomic E-state index is -0.902. The number of anilines is 1. The van der Waals surface area contributed by atoms with Gasteiger partial charge in [-0.2, -0.15) is 0 Å². The molecule has 2 aliphatic heterocycles. The van der Waals surface area contributed by atoms with Crippen molar-refractivity contribution in [3.63, 3.8) is 0 Å². The van der Waals surface area contributed by atoms with Crippen LogP contribution in [0.4, 0.5) is 5.69 Å². The summed E-state index contributed by atoms with van der Waals surface area (Å²) in [4.78, 5) is 3.30. The van der Waals surface area contributed by atoms with Crippen LogP contribution in [-0.4, -0.2) is 33.7 Å². The molecular weight excluding hydrogens is 312 g/mol. The van der Waals surface area contributed by atoms with E-state index in [1.54, 1.807) is 11.3 Å². The monoisotopic (exact) mass is 331 g/mol. The van der Waals surface area contributed by atoms with Crippen molar-refractivity contribution >= 4 is 34.0 Å². The lowest BCUT2D eigenvalue weighted by Gasteiger charge is -2.22. The maximum absolute atomic E-state index is 11.4. The molecule has 0 radical (unpaired) electrons. The molecule has 2 aromatic rings. The van der Waals surface area contributed by atoms with Crippen molar-refractivity contribution in [3.8, 4) is 0 Å². The normalized spacial score (nSPS) is 24.7. The maximum atomic E-state index is 11.4. The molecule has 4 rings (SSSR count). The van der Waals surface area contributed by atoms with Crippen molar-refractivity contribution in [2.45, 2.75) is 19.1 Å². The Kier molecular flexibility index (Phi) is 3.51. The number of thioether (sulfide) groups is 1. The first-order valence-electron chi connectivity index (χ1n) is 7.56. The van der Waals surface area contributed by atoms with Gasteiger partial charge in [-0.15, -0.1) is 11.3 Å². The van der Waals surface area contributed by atoms with Crippen LogP contribution in [0.25, 0.3) is 0 Å². The largest absolute Gasteiger partial charge is 0.346 e. The molecule has 0 fully saturated rings. The van der Waals surface area contributed by atoms with E-state index in [1.165, 1.54) is 16.4 Å². The van der Waals surface area contributed by atoms with Crippen LogP contribution in [-0.2, 0) is 5.72 Å². The van der Waals surface area contributed by atoms with Crippen LogP contribution in [0, 0.1) is 6.92 Å². The Morgan fingerprint density at radius 2 is 2.18 bits per heavy atom. The molecule has 0 bridgehead atoms. The van der Waals surface area contributed by atoms with Gasteiger partial charge in [-0.05, 0) is 54.2 Å². The summed E-state index contributed by atoms with van der Waals surface area (Å²) in [5.74, 6) is 1.12. The number of rotatable bonds is 2. The summed E-state index contributed by atoms with van der Waals surface area (Å²) in [6.07, 6.45) is 1.11. The SMILES string of the molecule is Cc1cccc(N2C[C@](O)(c3cccs3)[N+]3=C2SCCC3)c1. The summed E-state index contributed by atoms with van der Waals surface area (Å²) >= 11 is 3.49. The number of nitrogens with zero attached hydrogens (tertiary/aromatic N) is 2. The highest BCUT2D eigenvalue weighted by atomic mass is 32.2. The van der Waals surface area contributed by atoms with Gasteiger partial charge in [-0.1, -0.05) is 18.2 Å². The molecule has 0 spiro atoms. The zero-order valence-corrected chi connectivity index (χ0v) is 14.2. The van der Waals surface area contributed by atoms with E-state index in [2.05, 4.69) is 40.7 Å². The summed E-state index contributed by atoms with van der Waals surface area (Å²) < 4.78 is 2.19.